The van der Waals surface area contributed by atoms with Crippen molar-refractivity contribution in [3.8, 4) is 0 Å². The minimum atomic E-state index is -0.331. The van der Waals surface area contributed by atoms with Gasteiger partial charge in [-0.15, -0.1) is 0 Å². The summed E-state index contributed by atoms with van der Waals surface area (Å²) in [7, 11) is 0. The average Bonchev–Trinajstić information content (AvgIpc) is 2.57. The number of aliphatic hydroxyl groups is 1. The van der Waals surface area contributed by atoms with Gasteiger partial charge in [0.15, 0.2) is 0 Å². The molecule has 0 heterocycles. The number of rotatable bonds is 0. The molecule has 17 heavy (non-hydrogen) atoms. The number of halogens is 1. The van der Waals surface area contributed by atoms with E-state index in [2.05, 4.69) is 0 Å². The van der Waals surface area contributed by atoms with Crippen LogP contribution >= 0.6 is 11.6 Å². The Kier molecular flexibility index (Phi) is 2.69. The molecule has 3 rings (SSSR count). The van der Waals surface area contributed by atoms with Crippen LogP contribution in [-0.4, -0.2) is 11.1 Å². The molecule has 1 aromatic carbocycles. The number of aliphatic hydroxyl groups excluding tert-OH is 1. The second kappa shape index (κ2) is 3.98. The van der Waals surface area contributed by atoms with Crippen molar-refractivity contribution in [3.63, 3.8) is 0 Å². The molecule has 1 unspecified atom stereocenters. The number of benzene rings is 1. The van der Waals surface area contributed by atoms with E-state index in [9.17, 15) is 5.11 Å². The lowest BCUT2D eigenvalue weighted by Crippen LogP contribution is -2.36. The second-order valence-corrected chi connectivity index (χ2v) is 6.06. The lowest BCUT2D eigenvalue weighted by Gasteiger charge is -2.38. The van der Waals surface area contributed by atoms with Gasteiger partial charge in [-0.25, -0.2) is 0 Å². The van der Waals surface area contributed by atoms with Gasteiger partial charge in [-0.1, -0.05) is 17.7 Å². The maximum atomic E-state index is 10.5. The molecule has 2 aliphatic rings. The third kappa shape index (κ3) is 1.79. The maximum absolute atomic E-state index is 10.5. The number of hydrogen-bond donors (Lipinski definition) is 2. The van der Waals surface area contributed by atoms with Crippen LogP contribution in [0.15, 0.2) is 18.2 Å². The highest BCUT2D eigenvalue weighted by Crippen LogP contribution is 2.54. The van der Waals surface area contributed by atoms with Gasteiger partial charge >= 0.3 is 0 Å². The van der Waals surface area contributed by atoms with Crippen LogP contribution in [-0.2, 0) is 6.42 Å². The van der Waals surface area contributed by atoms with Crippen LogP contribution in [0.25, 0.3) is 0 Å². The van der Waals surface area contributed by atoms with Crippen LogP contribution in [0.2, 0.25) is 5.02 Å². The molecule has 1 saturated carbocycles. The standard InChI is InChI=1S/C14H18ClNO/c15-10-1-2-12-9(7-10)8-14(13(12)17)5-3-11(16)4-6-14/h1-2,7,11,13,17H,3-6,8,16H2. The molecule has 3 heteroatoms. The van der Waals surface area contributed by atoms with Gasteiger partial charge in [0.2, 0.25) is 0 Å². The monoisotopic (exact) mass is 251 g/mol. The average molecular weight is 252 g/mol. The third-order valence-electron chi connectivity index (χ3n) is 4.55. The highest BCUT2D eigenvalue weighted by atomic mass is 35.5. The van der Waals surface area contributed by atoms with Crippen LogP contribution < -0.4 is 5.73 Å². The zero-order chi connectivity index (χ0) is 12.0. The minimum absolute atomic E-state index is 0.0306. The Morgan fingerprint density at radius 2 is 2.00 bits per heavy atom. The summed E-state index contributed by atoms with van der Waals surface area (Å²) in [6, 6.07) is 6.17. The first kappa shape index (κ1) is 11.5. The Balaban J connectivity index is 1.92. The van der Waals surface area contributed by atoms with Crippen molar-refractivity contribution in [1.29, 1.82) is 0 Å². The Labute approximate surface area is 107 Å². The molecule has 1 aromatic rings. The first-order valence-corrected chi connectivity index (χ1v) is 6.70. The van der Waals surface area contributed by atoms with Crippen LogP contribution in [0.3, 0.4) is 0 Å². The molecule has 3 N–H and O–H groups in total. The van der Waals surface area contributed by atoms with Crippen molar-refractivity contribution in [1.82, 2.24) is 0 Å². The van der Waals surface area contributed by atoms with Gasteiger partial charge < -0.3 is 10.8 Å². The molecular formula is C14H18ClNO. The van der Waals surface area contributed by atoms with Crippen molar-refractivity contribution in [2.45, 2.75) is 44.2 Å². The summed E-state index contributed by atoms with van der Waals surface area (Å²) in [5.41, 5.74) is 8.28. The Hall–Kier alpha value is -0.570. The molecular weight excluding hydrogens is 234 g/mol. The van der Waals surface area contributed by atoms with E-state index in [-0.39, 0.29) is 11.5 Å². The Bertz CT molecular complexity index is 438. The molecule has 1 fully saturated rings. The van der Waals surface area contributed by atoms with E-state index >= 15 is 0 Å². The van der Waals surface area contributed by atoms with Gasteiger partial charge in [-0.2, -0.15) is 0 Å². The molecule has 92 valence electrons. The molecule has 0 aliphatic heterocycles. The molecule has 0 bridgehead atoms. The lowest BCUT2D eigenvalue weighted by atomic mass is 9.69. The van der Waals surface area contributed by atoms with Gasteiger partial charge in [-0.3, -0.25) is 0 Å². The van der Waals surface area contributed by atoms with E-state index in [1.807, 2.05) is 18.2 Å². The van der Waals surface area contributed by atoms with Gasteiger partial charge in [0.05, 0.1) is 6.10 Å². The molecule has 2 aliphatic carbocycles. The zero-order valence-electron chi connectivity index (χ0n) is 9.82. The van der Waals surface area contributed by atoms with E-state index in [1.54, 1.807) is 0 Å². The van der Waals surface area contributed by atoms with Gasteiger partial charge in [0.1, 0.15) is 0 Å². The number of hydrogen-bond acceptors (Lipinski definition) is 2. The summed E-state index contributed by atoms with van der Waals surface area (Å²) in [6.45, 7) is 0. The summed E-state index contributed by atoms with van der Waals surface area (Å²) in [5.74, 6) is 0. The fourth-order valence-corrected chi connectivity index (χ4v) is 3.66. The fourth-order valence-electron chi connectivity index (χ4n) is 3.47. The summed E-state index contributed by atoms with van der Waals surface area (Å²) < 4.78 is 0. The van der Waals surface area contributed by atoms with E-state index in [0.29, 0.717) is 6.04 Å². The van der Waals surface area contributed by atoms with Gasteiger partial charge in [0.25, 0.3) is 0 Å². The van der Waals surface area contributed by atoms with Crippen LogP contribution in [0.1, 0.15) is 42.9 Å². The van der Waals surface area contributed by atoms with Crippen molar-refractivity contribution in [2.75, 3.05) is 0 Å². The summed E-state index contributed by atoms with van der Waals surface area (Å²) in [4.78, 5) is 0. The number of nitrogens with two attached hydrogens (primary N) is 1. The quantitative estimate of drug-likeness (QED) is 0.745. The fraction of sp³-hybridized carbons (Fsp3) is 0.571. The van der Waals surface area contributed by atoms with Gasteiger partial charge in [-0.05, 0) is 55.4 Å². The highest BCUT2D eigenvalue weighted by Gasteiger charge is 2.46. The SMILES string of the molecule is NC1CCC2(CC1)Cc1cc(Cl)ccc1C2O. The second-order valence-electron chi connectivity index (χ2n) is 5.62. The smallest absolute Gasteiger partial charge is 0.0852 e. The largest absolute Gasteiger partial charge is 0.388 e. The Morgan fingerprint density at radius 1 is 1.29 bits per heavy atom. The zero-order valence-corrected chi connectivity index (χ0v) is 10.6. The van der Waals surface area contributed by atoms with E-state index in [4.69, 9.17) is 17.3 Å². The molecule has 1 spiro atoms. The van der Waals surface area contributed by atoms with Crippen molar-refractivity contribution in [3.05, 3.63) is 34.3 Å². The minimum Gasteiger partial charge on any atom is -0.388 e. The molecule has 2 nitrogen and oxygen atoms in total. The van der Waals surface area contributed by atoms with Crippen molar-refractivity contribution in [2.24, 2.45) is 11.1 Å². The molecule has 1 atom stereocenters. The summed E-state index contributed by atoms with van der Waals surface area (Å²) in [6.07, 6.45) is 4.74. The Morgan fingerprint density at radius 3 is 2.71 bits per heavy atom. The van der Waals surface area contributed by atoms with Crippen molar-refractivity contribution >= 4 is 11.6 Å². The van der Waals surface area contributed by atoms with Gasteiger partial charge in [0, 0.05) is 16.5 Å². The summed E-state index contributed by atoms with van der Waals surface area (Å²) in [5, 5.41) is 11.3. The molecule has 0 radical (unpaired) electrons. The molecule has 0 amide bonds. The lowest BCUT2D eigenvalue weighted by molar-refractivity contribution is 0.00631. The molecule has 0 aromatic heterocycles. The molecule has 0 saturated heterocycles. The predicted molar refractivity (Wildman–Crippen MR) is 69.0 cm³/mol. The van der Waals surface area contributed by atoms with Crippen LogP contribution in [0.4, 0.5) is 0 Å². The maximum Gasteiger partial charge on any atom is 0.0852 e. The highest BCUT2D eigenvalue weighted by molar-refractivity contribution is 6.30. The van der Waals surface area contributed by atoms with Crippen LogP contribution in [0, 0.1) is 5.41 Å². The number of fused-ring (bicyclic) bond motifs is 1. The third-order valence-corrected chi connectivity index (χ3v) is 4.78. The van der Waals surface area contributed by atoms with E-state index in [0.717, 1.165) is 42.7 Å². The van der Waals surface area contributed by atoms with Crippen LogP contribution in [0.5, 0.6) is 0 Å². The van der Waals surface area contributed by atoms with E-state index < -0.39 is 0 Å². The first-order chi connectivity index (χ1) is 8.11. The van der Waals surface area contributed by atoms with Crippen molar-refractivity contribution < 1.29 is 5.11 Å². The summed E-state index contributed by atoms with van der Waals surface area (Å²) >= 11 is 6.02. The normalized spacial score (nSPS) is 36.2. The first-order valence-electron chi connectivity index (χ1n) is 6.33. The van der Waals surface area contributed by atoms with E-state index in [1.165, 1.54) is 5.56 Å². The predicted octanol–water partition coefficient (Wildman–Crippen LogP) is 2.82. The topological polar surface area (TPSA) is 46.2 Å².